The van der Waals surface area contributed by atoms with Crippen LogP contribution in [0.4, 0.5) is 10.1 Å². The number of halogens is 1. The second-order valence-electron chi connectivity index (χ2n) is 8.00. The van der Waals surface area contributed by atoms with E-state index in [1.54, 1.807) is 24.3 Å². The van der Waals surface area contributed by atoms with Crippen molar-refractivity contribution < 1.29 is 18.4 Å². The zero-order valence-electron chi connectivity index (χ0n) is 18.0. The van der Waals surface area contributed by atoms with Gasteiger partial charge in [-0.15, -0.1) is 0 Å². The average Bonchev–Trinajstić information content (AvgIpc) is 3.32. The fourth-order valence-corrected chi connectivity index (χ4v) is 3.98. The molecule has 2 amide bonds. The van der Waals surface area contributed by atoms with Crippen LogP contribution in [-0.2, 0) is 6.54 Å². The molecule has 2 aromatic carbocycles. The maximum atomic E-state index is 13.1. The van der Waals surface area contributed by atoms with E-state index in [0.29, 0.717) is 17.7 Å². The van der Waals surface area contributed by atoms with Gasteiger partial charge in [-0.05, 0) is 61.4 Å². The Morgan fingerprint density at radius 1 is 1.06 bits per heavy atom. The zero-order chi connectivity index (χ0) is 22.5. The Bertz CT molecular complexity index is 1060. The Labute approximate surface area is 186 Å². The van der Waals surface area contributed by atoms with Gasteiger partial charge in [0, 0.05) is 37.4 Å². The van der Waals surface area contributed by atoms with Gasteiger partial charge in [-0.1, -0.05) is 12.1 Å². The van der Waals surface area contributed by atoms with Crippen LogP contribution in [0.15, 0.2) is 71.3 Å². The van der Waals surface area contributed by atoms with Crippen LogP contribution in [0, 0.1) is 5.82 Å². The normalized spacial score (nSPS) is 14.2. The highest BCUT2D eigenvalue weighted by atomic mass is 19.1. The van der Waals surface area contributed by atoms with Gasteiger partial charge in [0.15, 0.2) is 0 Å². The van der Waals surface area contributed by atoms with Crippen molar-refractivity contribution in [2.75, 3.05) is 25.0 Å². The minimum absolute atomic E-state index is 0.0355. The van der Waals surface area contributed by atoms with Crippen molar-refractivity contribution >= 4 is 17.5 Å². The number of para-hydroxylation sites is 1. The van der Waals surface area contributed by atoms with E-state index >= 15 is 0 Å². The Morgan fingerprint density at radius 2 is 1.78 bits per heavy atom. The van der Waals surface area contributed by atoms with Crippen LogP contribution in [0.1, 0.15) is 39.3 Å². The molecule has 4 rings (SSSR count). The van der Waals surface area contributed by atoms with Gasteiger partial charge in [0.2, 0.25) is 0 Å². The summed E-state index contributed by atoms with van der Waals surface area (Å²) in [5.41, 5.74) is 1.99. The lowest BCUT2D eigenvalue weighted by Gasteiger charge is -2.35. The molecule has 3 aromatic rings. The van der Waals surface area contributed by atoms with Crippen molar-refractivity contribution in [3.05, 3.63) is 89.6 Å². The summed E-state index contributed by atoms with van der Waals surface area (Å²) in [6.07, 6.45) is 3.12. The van der Waals surface area contributed by atoms with Gasteiger partial charge in [-0.2, -0.15) is 0 Å². The number of anilines is 1. The number of rotatable bonds is 6. The van der Waals surface area contributed by atoms with E-state index < -0.39 is 0 Å². The van der Waals surface area contributed by atoms with E-state index in [2.05, 4.69) is 10.2 Å². The molecule has 1 fully saturated rings. The van der Waals surface area contributed by atoms with Crippen molar-refractivity contribution in [1.29, 1.82) is 0 Å². The highest BCUT2D eigenvalue weighted by Crippen LogP contribution is 2.26. The molecular formula is C25H26FN3O3. The van der Waals surface area contributed by atoms with Crippen LogP contribution in [0.3, 0.4) is 0 Å². The molecule has 2 heterocycles. The van der Waals surface area contributed by atoms with E-state index in [4.69, 9.17) is 4.42 Å². The molecule has 0 aliphatic carbocycles. The van der Waals surface area contributed by atoms with E-state index in [-0.39, 0.29) is 23.7 Å². The molecule has 32 heavy (non-hydrogen) atoms. The first-order chi connectivity index (χ1) is 15.5. The Hall–Kier alpha value is -3.61. The monoisotopic (exact) mass is 435 g/mol. The number of hydrogen-bond donors (Lipinski definition) is 1. The van der Waals surface area contributed by atoms with Gasteiger partial charge in [0.05, 0.1) is 18.4 Å². The molecule has 0 spiro atoms. The van der Waals surface area contributed by atoms with E-state index in [1.165, 1.54) is 24.3 Å². The molecule has 7 heteroatoms. The first-order valence-electron chi connectivity index (χ1n) is 10.7. The van der Waals surface area contributed by atoms with Crippen LogP contribution in [0.5, 0.6) is 0 Å². The number of amides is 2. The molecule has 0 saturated carbocycles. The molecule has 1 aromatic heterocycles. The van der Waals surface area contributed by atoms with Crippen LogP contribution in [-0.4, -0.2) is 42.9 Å². The fourth-order valence-electron chi connectivity index (χ4n) is 3.98. The number of benzene rings is 2. The third-order valence-electron chi connectivity index (χ3n) is 5.73. The molecule has 1 N–H and O–H groups in total. The number of carbonyl (C=O) groups is 2. The lowest BCUT2D eigenvalue weighted by molar-refractivity contribution is 0.0776. The number of carbonyl (C=O) groups excluding carboxylic acids is 2. The Kier molecular flexibility index (Phi) is 6.54. The van der Waals surface area contributed by atoms with E-state index in [9.17, 15) is 14.0 Å². The Balaban J connectivity index is 1.38. The summed E-state index contributed by atoms with van der Waals surface area (Å²) in [5, 5.41) is 3.03. The molecular weight excluding hydrogens is 409 g/mol. The lowest BCUT2D eigenvalue weighted by Crippen LogP contribution is -2.45. The standard InChI is InChI=1S/C25H26FN3O3/c1-28(17-21-5-4-16-32-21)25(31)22-6-2-3-7-23(22)29-14-12-20(13-15-29)27-24(30)18-8-10-19(26)11-9-18/h2-11,16,20H,12-15,17H2,1H3,(H,27,30). The predicted molar refractivity (Wildman–Crippen MR) is 120 cm³/mol. The van der Waals surface area contributed by atoms with Gasteiger partial charge < -0.3 is 19.5 Å². The predicted octanol–water partition coefficient (Wildman–Crippen LogP) is 4.09. The maximum absolute atomic E-state index is 13.1. The second kappa shape index (κ2) is 9.68. The summed E-state index contributed by atoms with van der Waals surface area (Å²) in [5.74, 6) is 0.108. The number of hydrogen-bond acceptors (Lipinski definition) is 4. The summed E-state index contributed by atoms with van der Waals surface area (Å²) < 4.78 is 18.4. The first-order valence-corrected chi connectivity index (χ1v) is 10.7. The minimum atomic E-state index is -0.363. The molecule has 0 unspecified atom stereocenters. The van der Waals surface area contributed by atoms with Crippen molar-refractivity contribution in [1.82, 2.24) is 10.2 Å². The molecule has 166 valence electrons. The highest BCUT2D eigenvalue weighted by molar-refractivity contribution is 5.99. The molecule has 0 radical (unpaired) electrons. The third kappa shape index (κ3) is 4.99. The number of furan rings is 1. The van der Waals surface area contributed by atoms with Gasteiger partial charge in [-0.25, -0.2) is 4.39 Å². The lowest BCUT2D eigenvalue weighted by atomic mass is 10.0. The van der Waals surface area contributed by atoms with Crippen LogP contribution in [0.25, 0.3) is 0 Å². The molecule has 1 saturated heterocycles. The number of piperidine rings is 1. The smallest absolute Gasteiger partial charge is 0.256 e. The van der Waals surface area contributed by atoms with Crippen molar-refractivity contribution in [2.24, 2.45) is 0 Å². The maximum Gasteiger partial charge on any atom is 0.256 e. The van der Waals surface area contributed by atoms with Crippen LogP contribution < -0.4 is 10.2 Å². The largest absolute Gasteiger partial charge is 0.467 e. The van der Waals surface area contributed by atoms with Crippen molar-refractivity contribution in [3.63, 3.8) is 0 Å². The molecule has 1 aliphatic heterocycles. The molecule has 6 nitrogen and oxygen atoms in total. The van der Waals surface area contributed by atoms with Crippen LogP contribution in [0.2, 0.25) is 0 Å². The third-order valence-corrected chi connectivity index (χ3v) is 5.73. The Morgan fingerprint density at radius 3 is 2.47 bits per heavy atom. The summed E-state index contributed by atoms with van der Waals surface area (Å²) in [6, 6.07) is 16.8. The topological polar surface area (TPSA) is 65.8 Å². The first kappa shape index (κ1) is 21.6. The van der Waals surface area contributed by atoms with Crippen molar-refractivity contribution in [3.8, 4) is 0 Å². The minimum Gasteiger partial charge on any atom is -0.467 e. The average molecular weight is 435 g/mol. The van der Waals surface area contributed by atoms with Gasteiger partial charge in [0.25, 0.3) is 11.8 Å². The fraction of sp³-hybridized carbons (Fsp3) is 0.280. The summed E-state index contributed by atoms with van der Waals surface area (Å²) in [7, 11) is 1.76. The van der Waals surface area contributed by atoms with Gasteiger partial charge >= 0.3 is 0 Å². The van der Waals surface area contributed by atoms with E-state index in [1.807, 2.05) is 30.3 Å². The van der Waals surface area contributed by atoms with Crippen molar-refractivity contribution in [2.45, 2.75) is 25.4 Å². The van der Waals surface area contributed by atoms with Crippen LogP contribution >= 0.6 is 0 Å². The summed E-state index contributed by atoms with van der Waals surface area (Å²) >= 11 is 0. The zero-order valence-corrected chi connectivity index (χ0v) is 18.0. The highest BCUT2D eigenvalue weighted by Gasteiger charge is 2.25. The van der Waals surface area contributed by atoms with E-state index in [0.717, 1.165) is 37.4 Å². The molecule has 0 bridgehead atoms. The summed E-state index contributed by atoms with van der Waals surface area (Å²) in [4.78, 5) is 29.4. The van der Waals surface area contributed by atoms with Gasteiger partial charge in [-0.3, -0.25) is 9.59 Å². The molecule has 0 atom stereocenters. The summed E-state index contributed by atoms with van der Waals surface area (Å²) in [6.45, 7) is 1.85. The quantitative estimate of drug-likeness (QED) is 0.633. The second-order valence-corrected chi connectivity index (χ2v) is 8.00. The number of nitrogens with zero attached hydrogens (tertiary/aromatic N) is 2. The van der Waals surface area contributed by atoms with Gasteiger partial charge in [0.1, 0.15) is 11.6 Å². The molecule has 1 aliphatic rings. The SMILES string of the molecule is CN(Cc1ccco1)C(=O)c1ccccc1N1CCC(NC(=O)c2ccc(F)cc2)CC1. The number of nitrogens with one attached hydrogen (secondary N) is 1.